The van der Waals surface area contributed by atoms with Crippen molar-refractivity contribution >= 4 is 38.5 Å². The molecule has 0 unspecified atom stereocenters. The van der Waals surface area contributed by atoms with Gasteiger partial charge in [0.05, 0.1) is 17.2 Å². The average molecular weight is 388 g/mol. The highest BCUT2D eigenvalue weighted by Gasteiger charge is 2.26. The number of aromatic nitrogens is 4. The van der Waals surface area contributed by atoms with E-state index in [9.17, 15) is 4.79 Å². The molecule has 7 heteroatoms. The molecule has 0 saturated carbocycles. The molecule has 3 aromatic rings. The van der Waals surface area contributed by atoms with Crippen LogP contribution in [0.2, 0.25) is 0 Å². The number of rotatable bonds is 2. The minimum absolute atomic E-state index is 0.234. The molecule has 0 atom stereocenters. The molecule has 1 saturated heterocycles. The van der Waals surface area contributed by atoms with E-state index in [-0.39, 0.29) is 5.91 Å². The summed E-state index contributed by atoms with van der Waals surface area (Å²) in [7, 11) is 0. The van der Waals surface area contributed by atoms with Crippen LogP contribution in [0.25, 0.3) is 16.7 Å². The van der Waals surface area contributed by atoms with Crippen molar-refractivity contribution in [2.75, 3.05) is 13.1 Å². The molecule has 1 aliphatic rings. The number of amides is 1. The van der Waals surface area contributed by atoms with E-state index in [1.54, 1.807) is 6.20 Å². The Hall–Kier alpha value is -2.02. The van der Waals surface area contributed by atoms with Crippen LogP contribution in [0.3, 0.4) is 0 Å². The molecule has 1 aliphatic heterocycles. The first-order valence-electron chi connectivity index (χ1n) is 8.24. The Kier molecular flexibility index (Phi) is 3.96. The molecule has 3 heterocycles. The van der Waals surface area contributed by atoms with Gasteiger partial charge >= 0.3 is 0 Å². The summed E-state index contributed by atoms with van der Waals surface area (Å²) < 4.78 is 3.11. The number of piperidine rings is 1. The van der Waals surface area contributed by atoms with Crippen molar-refractivity contribution in [3.63, 3.8) is 0 Å². The smallest absolute Gasteiger partial charge is 0.222 e. The van der Waals surface area contributed by atoms with Gasteiger partial charge in [0.15, 0.2) is 5.65 Å². The molecule has 24 heavy (non-hydrogen) atoms. The summed E-state index contributed by atoms with van der Waals surface area (Å²) in [5.74, 6) is 1.52. The van der Waals surface area contributed by atoms with Gasteiger partial charge in [0.25, 0.3) is 0 Å². The van der Waals surface area contributed by atoms with Crippen molar-refractivity contribution in [2.45, 2.75) is 32.1 Å². The van der Waals surface area contributed by atoms with E-state index in [4.69, 9.17) is 0 Å². The highest BCUT2D eigenvalue weighted by molar-refractivity contribution is 9.10. The number of likely N-dealkylation sites (tertiary alicyclic amines) is 1. The third kappa shape index (κ3) is 2.56. The first-order chi connectivity index (χ1) is 11.7. The second kappa shape index (κ2) is 6.12. The molecular formula is C17H18BrN5O. The molecule has 0 spiro atoms. The van der Waals surface area contributed by atoms with Gasteiger partial charge in [-0.1, -0.05) is 22.9 Å². The molecule has 124 valence electrons. The Morgan fingerprint density at radius 3 is 2.83 bits per heavy atom. The largest absolute Gasteiger partial charge is 0.343 e. The van der Waals surface area contributed by atoms with Crippen molar-refractivity contribution in [1.82, 2.24) is 24.5 Å². The van der Waals surface area contributed by atoms with E-state index >= 15 is 0 Å². The summed E-state index contributed by atoms with van der Waals surface area (Å²) in [6.07, 6.45) is 4.18. The van der Waals surface area contributed by atoms with Crippen molar-refractivity contribution in [3.05, 3.63) is 34.7 Å². The lowest BCUT2D eigenvalue weighted by Crippen LogP contribution is -2.37. The summed E-state index contributed by atoms with van der Waals surface area (Å²) >= 11 is 3.53. The van der Waals surface area contributed by atoms with Crippen LogP contribution in [0.1, 0.15) is 37.9 Å². The monoisotopic (exact) mass is 387 g/mol. The van der Waals surface area contributed by atoms with Crippen LogP contribution in [-0.2, 0) is 4.79 Å². The van der Waals surface area contributed by atoms with Gasteiger partial charge < -0.3 is 4.90 Å². The Morgan fingerprint density at radius 2 is 2.08 bits per heavy atom. The van der Waals surface area contributed by atoms with E-state index in [2.05, 4.69) is 41.6 Å². The number of fused-ring (bicyclic) bond motifs is 3. The molecule has 2 aromatic heterocycles. The number of hydrogen-bond donors (Lipinski definition) is 0. The summed E-state index contributed by atoms with van der Waals surface area (Å²) in [5, 5.41) is 8.74. The summed E-state index contributed by atoms with van der Waals surface area (Å²) in [5.41, 5.74) is 2.70. The van der Waals surface area contributed by atoms with Gasteiger partial charge in [0.2, 0.25) is 5.91 Å². The summed E-state index contributed by atoms with van der Waals surface area (Å²) in [6, 6.07) is 6.03. The van der Waals surface area contributed by atoms with E-state index < -0.39 is 0 Å². The van der Waals surface area contributed by atoms with Gasteiger partial charge in [-0.05, 0) is 31.0 Å². The standard InChI is InChI=1S/C17H18BrN5O/c1-2-16(24)22-7-5-11(6-8-22)17-21-20-15-10-19-13-4-3-12(18)9-14(13)23(15)17/h3-4,9-11H,2,5-8H2,1H3. The SMILES string of the molecule is CCC(=O)N1CCC(c2nnc3cnc4ccc(Br)cc4n23)CC1. The maximum atomic E-state index is 11.9. The lowest BCUT2D eigenvalue weighted by Gasteiger charge is -2.31. The first-order valence-corrected chi connectivity index (χ1v) is 9.03. The van der Waals surface area contributed by atoms with Crippen molar-refractivity contribution in [1.29, 1.82) is 0 Å². The van der Waals surface area contributed by atoms with Crippen LogP contribution in [-0.4, -0.2) is 43.5 Å². The summed E-state index contributed by atoms with van der Waals surface area (Å²) in [6.45, 7) is 3.50. The van der Waals surface area contributed by atoms with E-state index in [0.717, 1.165) is 52.9 Å². The van der Waals surface area contributed by atoms with Crippen LogP contribution in [0.5, 0.6) is 0 Å². The fourth-order valence-electron chi connectivity index (χ4n) is 3.43. The topological polar surface area (TPSA) is 63.4 Å². The maximum absolute atomic E-state index is 11.9. The van der Waals surface area contributed by atoms with Crippen LogP contribution in [0.4, 0.5) is 0 Å². The van der Waals surface area contributed by atoms with Crippen LogP contribution >= 0.6 is 15.9 Å². The minimum atomic E-state index is 0.234. The zero-order valence-corrected chi connectivity index (χ0v) is 15.0. The van der Waals surface area contributed by atoms with Crippen molar-refractivity contribution in [2.24, 2.45) is 0 Å². The quantitative estimate of drug-likeness (QED) is 0.677. The molecule has 0 aliphatic carbocycles. The molecule has 1 aromatic carbocycles. The Morgan fingerprint density at radius 1 is 1.29 bits per heavy atom. The molecule has 4 rings (SSSR count). The number of hydrogen-bond acceptors (Lipinski definition) is 4. The second-order valence-corrected chi connectivity index (χ2v) is 7.07. The van der Waals surface area contributed by atoms with Gasteiger partial charge in [0, 0.05) is 29.9 Å². The van der Waals surface area contributed by atoms with Gasteiger partial charge in [-0.15, -0.1) is 10.2 Å². The van der Waals surface area contributed by atoms with Crippen LogP contribution in [0, 0.1) is 0 Å². The predicted octanol–water partition coefficient (Wildman–Crippen LogP) is 3.16. The second-order valence-electron chi connectivity index (χ2n) is 6.15. The Labute approximate surface area is 148 Å². The van der Waals surface area contributed by atoms with Gasteiger partial charge in [0.1, 0.15) is 5.82 Å². The number of halogens is 1. The molecule has 1 fully saturated rings. The van der Waals surface area contributed by atoms with E-state index in [1.807, 2.05) is 24.0 Å². The predicted molar refractivity (Wildman–Crippen MR) is 94.8 cm³/mol. The van der Waals surface area contributed by atoms with Gasteiger partial charge in [-0.25, -0.2) is 0 Å². The third-order valence-electron chi connectivity index (χ3n) is 4.73. The molecule has 0 radical (unpaired) electrons. The highest BCUT2D eigenvalue weighted by Crippen LogP contribution is 2.29. The zero-order chi connectivity index (χ0) is 16.7. The molecule has 0 bridgehead atoms. The van der Waals surface area contributed by atoms with E-state index in [0.29, 0.717) is 12.3 Å². The Balaban J connectivity index is 1.73. The lowest BCUT2D eigenvalue weighted by atomic mass is 9.95. The van der Waals surface area contributed by atoms with Crippen molar-refractivity contribution < 1.29 is 4.79 Å². The minimum Gasteiger partial charge on any atom is -0.343 e. The van der Waals surface area contributed by atoms with Crippen LogP contribution < -0.4 is 0 Å². The lowest BCUT2D eigenvalue weighted by molar-refractivity contribution is -0.131. The molecular weight excluding hydrogens is 370 g/mol. The van der Waals surface area contributed by atoms with Gasteiger partial charge in [-0.2, -0.15) is 0 Å². The third-order valence-corrected chi connectivity index (χ3v) is 5.22. The van der Waals surface area contributed by atoms with Gasteiger partial charge in [-0.3, -0.25) is 14.2 Å². The molecule has 6 nitrogen and oxygen atoms in total. The number of carbonyl (C=O) groups excluding carboxylic acids is 1. The van der Waals surface area contributed by atoms with E-state index in [1.165, 1.54) is 0 Å². The Bertz CT molecular complexity index is 914. The fourth-order valence-corrected chi connectivity index (χ4v) is 3.78. The normalized spacial score (nSPS) is 16.2. The fraction of sp³-hybridized carbons (Fsp3) is 0.412. The first kappa shape index (κ1) is 15.5. The van der Waals surface area contributed by atoms with Crippen LogP contribution in [0.15, 0.2) is 28.9 Å². The molecule has 0 N–H and O–H groups in total. The highest BCUT2D eigenvalue weighted by atomic mass is 79.9. The number of carbonyl (C=O) groups is 1. The summed E-state index contributed by atoms with van der Waals surface area (Å²) in [4.78, 5) is 18.3. The maximum Gasteiger partial charge on any atom is 0.222 e. The molecule has 1 amide bonds. The average Bonchev–Trinajstić information content (AvgIpc) is 3.05. The zero-order valence-electron chi connectivity index (χ0n) is 13.4. The van der Waals surface area contributed by atoms with Crippen molar-refractivity contribution in [3.8, 4) is 0 Å². The number of nitrogens with zero attached hydrogens (tertiary/aromatic N) is 5. The number of benzene rings is 1.